The Morgan fingerprint density at radius 2 is 2.11 bits per heavy atom. The predicted molar refractivity (Wildman–Crippen MR) is 67.7 cm³/mol. The summed E-state index contributed by atoms with van der Waals surface area (Å²) in [5.41, 5.74) is -0.0935. The summed E-state index contributed by atoms with van der Waals surface area (Å²) >= 11 is 0. The molecular formula is C13H18N2O3. The van der Waals surface area contributed by atoms with Gasteiger partial charge in [-0.1, -0.05) is 26.2 Å². The number of carbonyl (C=O) groups excluding carboxylic acids is 1. The quantitative estimate of drug-likeness (QED) is 0.726. The molecule has 98 valence electrons. The van der Waals surface area contributed by atoms with E-state index in [2.05, 4.69) is 17.2 Å². The van der Waals surface area contributed by atoms with Crippen LogP contribution in [-0.4, -0.2) is 28.5 Å². The van der Waals surface area contributed by atoms with Crippen LogP contribution in [0.25, 0.3) is 0 Å². The molecule has 0 fully saturated rings. The number of carboxylic acids is 1. The van der Waals surface area contributed by atoms with Gasteiger partial charge in [-0.2, -0.15) is 0 Å². The van der Waals surface area contributed by atoms with E-state index in [1.165, 1.54) is 18.3 Å². The number of unbranched alkanes of at least 4 members (excludes halogenated alkanes) is 3. The van der Waals surface area contributed by atoms with Gasteiger partial charge in [-0.05, 0) is 18.6 Å². The molecule has 0 aliphatic carbocycles. The average molecular weight is 250 g/mol. The maximum atomic E-state index is 11.8. The summed E-state index contributed by atoms with van der Waals surface area (Å²) in [5.74, 6) is -1.57. The number of carboxylic acid groups (broad SMARTS) is 1. The zero-order valence-corrected chi connectivity index (χ0v) is 10.5. The molecular weight excluding hydrogens is 232 g/mol. The van der Waals surface area contributed by atoms with Crippen molar-refractivity contribution in [3.8, 4) is 0 Å². The molecule has 1 aromatic heterocycles. The van der Waals surface area contributed by atoms with Gasteiger partial charge in [0.05, 0.1) is 5.56 Å². The van der Waals surface area contributed by atoms with Gasteiger partial charge in [-0.25, -0.2) is 4.79 Å². The van der Waals surface area contributed by atoms with Crippen LogP contribution in [0.4, 0.5) is 0 Å². The number of rotatable bonds is 7. The Morgan fingerprint density at radius 1 is 1.33 bits per heavy atom. The maximum absolute atomic E-state index is 11.8. The largest absolute Gasteiger partial charge is 0.478 e. The molecule has 0 aliphatic rings. The van der Waals surface area contributed by atoms with Crippen molar-refractivity contribution in [2.75, 3.05) is 6.54 Å². The molecule has 5 nitrogen and oxygen atoms in total. The highest BCUT2D eigenvalue weighted by Gasteiger charge is 2.16. The average Bonchev–Trinajstić information content (AvgIpc) is 2.38. The molecule has 0 bridgehead atoms. The first-order valence-corrected chi connectivity index (χ1v) is 6.13. The first-order valence-electron chi connectivity index (χ1n) is 6.13. The van der Waals surface area contributed by atoms with E-state index >= 15 is 0 Å². The minimum absolute atomic E-state index is 0.0273. The lowest BCUT2D eigenvalue weighted by atomic mass is 10.1. The summed E-state index contributed by atoms with van der Waals surface area (Å²) < 4.78 is 0. The summed E-state index contributed by atoms with van der Waals surface area (Å²) in [5, 5.41) is 11.6. The Morgan fingerprint density at radius 3 is 2.78 bits per heavy atom. The van der Waals surface area contributed by atoms with Gasteiger partial charge in [0.2, 0.25) is 0 Å². The number of aromatic carboxylic acids is 1. The Labute approximate surface area is 106 Å². The van der Waals surface area contributed by atoms with Crippen molar-refractivity contribution in [1.82, 2.24) is 10.3 Å². The van der Waals surface area contributed by atoms with Gasteiger partial charge in [-0.3, -0.25) is 9.78 Å². The lowest BCUT2D eigenvalue weighted by Crippen LogP contribution is -2.27. The SMILES string of the molecule is CCCCCCNC(=O)c1ncccc1C(=O)O. The lowest BCUT2D eigenvalue weighted by molar-refractivity contribution is 0.0690. The number of hydrogen-bond donors (Lipinski definition) is 2. The molecule has 0 aromatic carbocycles. The van der Waals surface area contributed by atoms with Crippen molar-refractivity contribution in [3.05, 3.63) is 29.6 Å². The Balaban J connectivity index is 2.54. The van der Waals surface area contributed by atoms with Crippen LogP contribution >= 0.6 is 0 Å². The zero-order chi connectivity index (χ0) is 13.4. The molecule has 1 rings (SSSR count). The second kappa shape index (κ2) is 7.42. The number of nitrogens with zero attached hydrogens (tertiary/aromatic N) is 1. The van der Waals surface area contributed by atoms with Crippen molar-refractivity contribution in [2.45, 2.75) is 32.6 Å². The minimum Gasteiger partial charge on any atom is -0.478 e. The van der Waals surface area contributed by atoms with Crippen LogP contribution in [0, 0.1) is 0 Å². The molecule has 0 atom stereocenters. The number of pyridine rings is 1. The minimum atomic E-state index is -1.14. The van der Waals surface area contributed by atoms with E-state index in [4.69, 9.17) is 5.11 Å². The molecule has 0 saturated heterocycles. The summed E-state index contributed by atoms with van der Waals surface area (Å²) in [4.78, 5) is 26.5. The molecule has 5 heteroatoms. The maximum Gasteiger partial charge on any atom is 0.338 e. The van der Waals surface area contributed by atoms with Crippen molar-refractivity contribution in [1.29, 1.82) is 0 Å². The van der Waals surface area contributed by atoms with Crippen LogP contribution in [0.3, 0.4) is 0 Å². The highest BCUT2D eigenvalue weighted by molar-refractivity contribution is 6.03. The predicted octanol–water partition coefficient (Wildman–Crippen LogP) is 2.09. The van der Waals surface area contributed by atoms with Crippen LogP contribution in [0.1, 0.15) is 53.5 Å². The van der Waals surface area contributed by atoms with Crippen molar-refractivity contribution in [2.24, 2.45) is 0 Å². The first kappa shape index (κ1) is 14.2. The van der Waals surface area contributed by atoms with Gasteiger partial charge in [0.1, 0.15) is 5.69 Å². The molecule has 1 heterocycles. The molecule has 0 spiro atoms. The second-order valence-electron chi connectivity index (χ2n) is 4.02. The third-order valence-electron chi connectivity index (χ3n) is 2.57. The Kier molecular flexibility index (Phi) is 5.84. The van der Waals surface area contributed by atoms with Gasteiger partial charge < -0.3 is 10.4 Å². The molecule has 2 N–H and O–H groups in total. The molecule has 0 radical (unpaired) electrons. The van der Waals surface area contributed by atoms with E-state index in [1.54, 1.807) is 0 Å². The first-order chi connectivity index (χ1) is 8.66. The number of nitrogens with one attached hydrogen (secondary N) is 1. The van der Waals surface area contributed by atoms with Gasteiger partial charge in [-0.15, -0.1) is 0 Å². The van der Waals surface area contributed by atoms with E-state index in [0.29, 0.717) is 6.54 Å². The number of aromatic nitrogens is 1. The fourth-order valence-electron chi connectivity index (χ4n) is 1.60. The van der Waals surface area contributed by atoms with Gasteiger partial charge in [0.15, 0.2) is 0 Å². The third kappa shape index (κ3) is 4.16. The smallest absolute Gasteiger partial charge is 0.338 e. The van der Waals surface area contributed by atoms with Crippen LogP contribution < -0.4 is 5.32 Å². The highest BCUT2D eigenvalue weighted by atomic mass is 16.4. The van der Waals surface area contributed by atoms with E-state index in [-0.39, 0.29) is 11.3 Å². The summed E-state index contributed by atoms with van der Waals surface area (Å²) in [6.45, 7) is 2.67. The summed E-state index contributed by atoms with van der Waals surface area (Å²) in [6, 6.07) is 2.88. The second-order valence-corrected chi connectivity index (χ2v) is 4.02. The van der Waals surface area contributed by atoms with Crippen LogP contribution in [-0.2, 0) is 0 Å². The summed E-state index contributed by atoms with van der Waals surface area (Å²) in [6.07, 6.45) is 5.65. The van der Waals surface area contributed by atoms with E-state index in [1.807, 2.05) is 0 Å². The highest BCUT2D eigenvalue weighted by Crippen LogP contribution is 2.05. The van der Waals surface area contributed by atoms with Crippen molar-refractivity contribution in [3.63, 3.8) is 0 Å². The zero-order valence-electron chi connectivity index (χ0n) is 10.5. The third-order valence-corrected chi connectivity index (χ3v) is 2.57. The van der Waals surface area contributed by atoms with Crippen LogP contribution in [0.2, 0.25) is 0 Å². The molecule has 0 unspecified atom stereocenters. The normalized spacial score (nSPS) is 10.1. The monoisotopic (exact) mass is 250 g/mol. The molecule has 1 amide bonds. The van der Waals surface area contributed by atoms with Crippen LogP contribution in [0.5, 0.6) is 0 Å². The van der Waals surface area contributed by atoms with E-state index in [9.17, 15) is 9.59 Å². The molecule has 0 aliphatic heterocycles. The van der Waals surface area contributed by atoms with Crippen molar-refractivity contribution < 1.29 is 14.7 Å². The summed E-state index contributed by atoms with van der Waals surface area (Å²) in [7, 11) is 0. The standard InChI is InChI=1S/C13H18N2O3/c1-2-3-4-5-8-15-12(16)11-10(13(17)18)7-6-9-14-11/h6-7,9H,2-5,8H2,1H3,(H,15,16)(H,17,18). The van der Waals surface area contributed by atoms with Gasteiger partial charge >= 0.3 is 5.97 Å². The lowest BCUT2D eigenvalue weighted by Gasteiger charge is -2.06. The molecule has 18 heavy (non-hydrogen) atoms. The fourth-order valence-corrected chi connectivity index (χ4v) is 1.60. The van der Waals surface area contributed by atoms with Crippen LogP contribution in [0.15, 0.2) is 18.3 Å². The Hall–Kier alpha value is -1.91. The fraction of sp³-hybridized carbons (Fsp3) is 0.462. The topological polar surface area (TPSA) is 79.3 Å². The number of hydrogen-bond acceptors (Lipinski definition) is 3. The van der Waals surface area contributed by atoms with Crippen molar-refractivity contribution >= 4 is 11.9 Å². The van der Waals surface area contributed by atoms with E-state index < -0.39 is 11.9 Å². The Bertz CT molecular complexity index is 418. The van der Waals surface area contributed by atoms with Gasteiger partial charge in [0.25, 0.3) is 5.91 Å². The number of amides is 1. The van der Waals surface area contributed by atoms with Gasteiger partial charge in [0, 0.05) is 12.7 Å². The van der Waals surface area contributed by atoms with E-state index in [0.717, 1.165) is 25.7 Å². The molecule has 1 aromatic rings. The number of carbonyl (C=O) groups is 2. The molecule has 0 saturated carbocycles.